The van der Waals surface area contributed by atoms with Crippen molar-refractivity contribution in [1.82, 2.24) is 44.9 Å². The van der Waals surface area contributed by atoms with E-state index in [0.29, 0.717) is 0 Å². The normalized spacial score (nSPS) is 11.6. The van der Waals surface area contributed by atoms with Crippen LogP contribution in [0.1, 0.15) is 0 Å². The molecule has 9 heteroatoms. The van der Waals surface area contributed by atoms with Crippen molar-refractivity contribution >= 4 is 195 Å². The number of para-hydroxylation sites is 2. The van der Waals surface area contributed by atoms with Crippen LogP contribution in [0.3, 0.4) is 0 Å². The Morgan fingerprint density at radius 3 is 0.799 bits per heavy atom. The Morgan fingerprint density at radius 1 is 0.118 bits per heavy atom. The van der Waals surface area contributed by atoms with E-state index in [0.717, 1.165) is 88.4 Å². The van der Waals surface area contributed by atoms with Crippen LogP contribution in [0.25, 0.3) is 284 Å². The summed E-state index contributed by atoms with van der Waals surface area (Å²) in [5, 5.41) is 36.7. The van der Waals surface area contributed by atoms with E-state index in [1.54, 1.807) is 0 Å². The van der Waals surface area contributed by atoms with Crippen LogP contribution in [-0.2, 0) is 0 Å². The Kier molecular flexibility index (Phi) is 20.7. The first-order chi connectivity index (χ1) is 71.5. The predicted octanol–water partition coefficient (Wildman–Crippen LogP) is 35.4. The van der Waals surface area contributed by atoms with E-state index in [9.17, 15) is 0 Å². The van der Waals surface area contributed by atoms with Crippen LogP contribution in [0.15, 0.2) is 505 Å². The summed E-state index contributed by atoms with van der Waals surface area (Å²) in [6, 6.07) is 154. The molecule has 0 amide bonds. The standard InChI is InChI=1S/C37H23N3.C36H22N2.C32H20N2.C30H18N2/c1-3-12-31-29(10-1)34(21-35-30-11-2-4-13-32(30)37-33(36(31)35)14-7-17-40-37)28-19-26(24-8-5-15-38-22-24)18-27(20-28)25-9-6-16-39-23-25;1-6-17-34-25(9-1)20-26(22-38-34)23-10-7-11-24(19-23)32-21-33-28-13-3-5-15-30(28)36-31(16-8-18-37-36)35(33)29-14-4-2-12-27(29)32;1-3-8-26-24(6-1)29(23-13-11-21(12-14-23)22-15-18-33-19-16-22)20-30-25-7-2-4-9-27(25)32-28(31(26)30)10-5-17-34-32;1-6-14-28-19(8-1)16-20(18-32-28)26-17-27-22-10-3-5-12-24(22)30-25(13-7-15-31-30)29(27)23-11-4-2-9-21(23)26/h1-23H;1-22H;1-20H;1-18H. The van der Waals surface area contributed by atoms with Gasteiger partial charge in [-0.05, 0) is 296 Å². The lowest BCUT2D eigenvalue weighted by atomic mass is 9.87. The summed E-state index contributed by atoms with van der Waals surface area (Å²) < 4.78 is 0. The third kappa shape index (κ3) is 14.6. The molecule has 21 aromatic carbocycles. The minimum absolute atomic E-state index is 1.02. The van der Waals surface area contributed by atoms with E-state index in [-0.39, 0.29) is 0 Å². The van der Waals surface area contributed by atoms with E-state index in [4.69, 9.17) is 29.9 Å². The van der Waals surface area contributed by atoms with Gasteiger partial charge in [-0.3, -0.25) is 44.9 Å². The van der Waals surface area contributed by atoms with E-state index >= 15 is 0 Å². The quantitative estimate of drug-likeness (QED) is 0.137. The second-order valence-electron chi connectivity index (χ2n) is 36.9. The lowest BCUT2D eigenvalue weighted by Gasteiger charge is -2.17. The maximum Gasteiger partial charge on any atom is 0.0786 e. The first kappa shape index (κ1) is 84.0. The van der Waals surface area contributed by atoms with Crippen LogP contribution in [0, 0.1) is 0 Å². The highest BCUT2D eigenvalue weighted by molar-refractivity contribution is 6.37. The molecule has 0 saturated carbocycles. The molecule has 0 N–H and O–H groups in total. The van der Waals surface area contributed by atoms with Crippen LogP contribution < -0.4 is 0 Å². The summed E-state index contributed by atoms with van der Waals surface area (Å²) in [6.45, 7) is 0. The molecule has 144 heavy (non-hydrogen) atoms. The van der Waals surface area contributed by atoms with Gasteiger partial charge in [-0.1, -0.05) is 309 Å². The molecule has 30 aromatic rings. The molecule has 0 bridgehead atoms. The van der Waals surface area contributed by atoms with Crippen molar-refractivity contribution in [2.24, 2.45) is 0 Å². The zero-order valence-corrected chi connectivity index (χ0v) is 77.9. The second-order valence-corrected chi connectivity index (χ2v) is 36.9. The van der Waals surface area contributed by atoms with Crippen LogP contribution in [-0.4, -0.2) is 44.9 Å². The summed E-state index contributed by atoms with van der Waals surface area (Å²) >= 11 is 0. The third-order valence-electron chi connectivity index (χ3n) is 28.8. The van der Waals surface area contributed by atoms with Gasteiger partial charge in [0.1, 0.15) is 0 Å². The Labute approximate surface area is 827 Å². The first-order valence-electron chi connectivity index (χ1n) is 48.7. The number of nitrogens with zero attached hydrogens (tertiary/aromatic N) is 9. The van der Waals surface area contributed by atoms with E-state index in [1.807, 2.05) is 135 Å². The maximum absolute atomic E-state index is 4.83. The van der Waals surface area contributed by atoms with E-state index in [2.05, 4.69) is 385 Å². The van der Waals surface area contributed by atoms with Gasteiger partial charge >= 0.3 is 0 Å². The van der Waals surface area contributed by atoms with Crippen molar-refractivity contribution in [3.63, 3.8) is 0 Å². The zero-order valence-electron chi connectivity index (χ0n) is 77.9. The average molecular weight is 1830 g/mol. The molecular weight excluding hydrogens is 1750 g/mol. The number of fused-ring (bicyclic) bond motifs is 34. The Morgan fingerprint density at radius 2 is 0.403 bits per heavy atom. The molecule has 9 aromatic heterocycles. The maximum atomic E-state index is 4.83. The summed E-state index contributed by atoms with van der Waals surface area (Å²) in [5.74, 6) is 0. The Hall–Kier alpha value is -19.4. The van der Waals surface area contributed by atoms with Crippen LogP contribution in [0.5, 0.6) is 0 Å². The van der Waals surface area contributed by atoms with Gasteiger partial charge in [-0.2, -0.15) is 0 Å². The molecule has 0 atom stereocenters. The summed E-state index contributed by atoms with van der Waals surface area (Å²) in [6.07, 6.45) is 22.7. The molecule has 668 valence electrons. The van der Waals surface area contributed by atoms with Gasteiger partial charge in [0.15, 0.2) is 0 Å². The molecule has 0 spiro atoms. The minimum atomic E-state index is 1.02. The van der Waals surface area contributed by atoms with Crippen molar-refractivity contribution in [2.45, 2.75) is 0 Å². The molecule has 0 aliphatic carbocycles. The largest absolute Gasteiger partial charge is 0.265 e. The molecule has 9 heterocycles. The molecule has 0 fully saturated rings. The fourth-order valence-corrected chi connectivity index (χ4v) is 22.3. The lowest BCUT2D eigenvalue weighted by molar-refractivity contribution is 1.32. The molecular formula is C135H83N9. The summed E-state index contributed by atoms with van der Waals surface area (Å²) in [7, 11) is 0. The highest BCUT2D eigenvalue weighted by Gasteiger charge is 2.24. The number of hydrogen-bond donors (Lipinski definition) is 0. The zero-order chi connectivity index (χ0) is 95.1. The van der Waals surface area contributed by atoms with Gasteiger partial charge in [0, 0.05) is 150 Å². The topological polar surface area (TPSA) is 116 Å². The van der Waals surface area contributed by atoms with E-state index < -0.39 is 0 Å². The third-order valence-corrected chi connectivity index (χ3v) is 28.8. The van der Waals surface area contributed by atoms with Crippen molar-refractivity contribution in [2.75, 3.05) is 0 Å². The number of benzene rings is 21. The molecule has 0 aliphatic heterocycles. The monoisotopic (exact) mass is 1830 g/mol. The molecule has 9 nitrogen and oxygen atoms in total. The van der Waals surface area contributed by atoms with Crippen molar-refractivity contribution in [1.29, 1.82) is 0 Å². The predicted molar refractivity (Wildman–Crippen MR) is 605 cm³/mol. The van der Waals surface area contributed by atoms with Gasteiger partial charge in [-0.15, -0.1) is 0 Å². The van der Waals surface area contributed by atoms with E-state index in [1.165, 1.54) is 195 Å². The number of rotatable bonds is 8. The summed E-state index contributed by atoms with van der Waals surface area (Å²) in [5.41, 5.74) is 24.9. The molecule has 0 saturated heterocycles. The lowest BCUT2D eigenvalue weighted by Crippen LogP contribution is -1.91. The van der Waals surface area contributed by atoms with Crippen molar-refractivity contribution in [3.05, 3.63) is 505 Å². The van der Waals surface area contributed by atoms with Crippen molar-refractivity contribution in [3.8, 4) is 89.0 Å². The molecule has 0 aliphatic rings. The van der Waals surface area contributed by atoms with Crippen LogP contribution >= 0.6 is 0 Å². The van der Waals surface area contributed by atoms with Gasteiger partial charge in [0.25, 0.3) is 0 Å². The fraction of sp³-hybridized carbons (Fsp3) is 0. The van der Waals surface area contributed by atoms with Gasteiger partial charge in [0.05, 0.1) is 33.1 Å². The van der Waals surface area contributed by atoms with Gasteiger partial charge < -0.3 is 0 Å². The highest BCUT2D eigenvalue weighted by Crippen LogP contribution is 2.50. The fourth-order valence-electron chi connectivity index (χ4n) is 22.3. The highest BCUT2D eigenvalue weighted by atomic mass is 14.7. The number of aromatic nitrogens is 9. The average Bonchev–Trinajstić information content (AvgIpc) is 0.730. The van der Waals surface area contributed by atoms with Gasteiger partial charge in [0.2, 0.25) is 0 Å². The van der Waals surface area contributed by atoms with Crippen molar-refractivity contribution < 1.29 is 0 Å². The van der Waals surface area contributed by atoms with Gasteiger partial charge in [-0.25, -0.2) is 0 Å². The molecule has 0 radical (unpaired) electrons. The summed E-state index contributed by atoms with van der Waals surface area (Å²) in [4.78, 5) is 41.6. The number of hydrogen-bond acceptors (Lipinski definition) is 9. The smallest absolute Gasteiger partial charge is 0.0786 e. The minimum Gasteiger partial charge on any atom is -0.265 e. The van der Waals surface area contributed by atoms with Crippen LogP contribution in [0.4, 0.5) is 0 Å². The Balaban J connectivity index is 0.0000000959. The molecule has 0 unspecified atom stereocenters. The van der Waals surface area contributed by atoms with Crippen LogP contribution in [0.2, 0.25) is 0 Å². The second kappa shape index (κ2) is 35.6. The SMILES string of the molecule is c1cc(-c2cnc3ccccc3c2)cc(-c2cc3c4ccccc4c4ncccc4c3c3ccccc23)c1.c1ccc2c(c1)c(-c1ccc(-c3ccncc3)cc1)cc1c3ccccc3c3ncccc3c21.c1ccc2ncc(-c3cc4c5ccccc5c5ncccc5c4c4ccccc34)cc2c1.c1cncc(-c2cc(-c3cccnc3)cc(-c3cc4c5ccccc5c5ncccc5c4c4ccccc34)c2)c1. The number of pyridine rings is 9. The Bertz CT molecular complexity index is 10400. The molecule has 30 rings (SSSR count). The first-order valence-corrected chi connectivity index (χ1v) is 48.7.